The number of hydrogen-bond acceptors (Lipinski definition) is 4. The summed E-state index contributed by atoms with van der Waals surface area (Å²) in [6.45, 7) is 1.88. The third kappa shape index (κ3) is 3.70. The number of hydrogen-bond donors (Lipinski definition) is 1. The molecule has 2 aromatic carbocycles. The van der Waals surface area contributed by atoms with Crippen LogP contribution in [0.25, 0.3) is 0 Å². The van der Waals surface area contributed by atoms with E-state index in [4.69, 9.17) is 4.74 Å². The van der Waals surface area contributed by atoms with Gasteiger partial charge in [-0.3, -0.25) is 0 Å². The van der Waals surface area contributed by atoms with Crippen LogP contribution in [-0.2, 0) is 34.2 Å². The first-order chi connectivity index (χ1) is 10.5. The molecule has 123 valence electrons. The molecular formula is C16H14NO4RhS-. The second kappa shape index (κ2) is 6.93. The Morgan fingerprint density at radius 1 is 1.17 bits per heavy atom. The van der Waals surface area contributed by atoms with Gasteiger partial charge in [-0.1, -0.05) is 29.3 Å². The van der Waals surface area contributed by atoms with E-state index in [-0.39, 0.29) is 30.5 Å². The maximum absolute atomic E-state index is 12.2. The van der Waals surface area contributed by atoms with Gasteiger partial charge < -0.3 is 9.84 Å². The van der Waals surface area contributed by atoms with Crippen LogP contribution in [-0.4, -0.2) is 19.7 Å². The molecule has 0 fully saturated rings. The first-order valence-electron chi connectivity index (χ1n) is 6.65. The number of benzene rings is 2. The Morgan fingerprint density at radius 2 is 1.83 bits per heavy atom. The molecule has 1 unspecified atom stereocenters. The monoisotopic (exact) mass is 419 g/mol. The molecule has 23 heavy (non-hydrogen) atoms. The van der Waals surface area contributed by atoms with Crippen LogP contribution in [0.2, 0.25) is 0 Å². The number of nitrogens with zero attached hydrogens (tertiary/aromatic N) is 1. The van der Waals surface area contributed by atoms with Crippen molar-refractivity contribution in [1.82, 2.24) is 0 Å². The Morgan fingerprint density at radius 3 is 2.52 bits per heavy atom. The molecule has 1 radical (unpaired) electrons. The number of aliphatic hydroxyl groups excluding tert-OH is 1. The van der Waals surface area contributed by atoms with Crippen molar-refractivity contribution in [3.63, 3.8) is 0 Å². The van der Waals surface area contributed by atoms with Crippen LogP contribution in [0.4, 0.5) is 0 Å². The van der Waals surface area contributed by atoms with Gasteiger partial charge in [0.25, 0.3) is 10.0 Å². The average Bonchev–Trinajstić information content (AvgIpc) is 2.83. The smallest absolute Gasteiger partial charge is 0.281 e. The van der Waals surface area contributed by atoms with E-state index in [0.29, 0.717) is 11.1 Å². The first-order valence-corrected chi connectivity index (χ1v) is 8.09. The molecule has 0 amide bonds. The molecule has 1 heterocycles. The summed E-state index contributed by atoms with van der Waals surface area (Å²) in [5.74, 6) is 0. The molecule has 5 nitrogen and oxygen atoms in total. The predicted molar refractivity (Wildman–Crippen MR) is 81.7 cm³/mol. The van der Waals surface area contributed by atoms with Crippen LogP contribution in [0.1, 0.15) is 23.0 Å². The summed E-state index contributed by atoms with van der Waals surface area (Å²) in [7, 11) is -3.80. The zero-order valence-electron chi connectivity index (χ0n) is 12.1. The van der Waals surface area contributed by atoms with Crippen molar-refractivity contribution in [1.29, 1.82) is 0 Å². The van der Waals surface area contributed by atoms with Crippen molar-refractivity contribution < 1.29 is 37.7 Å². The van der Waals surface area contributed by atoms with Gasteiger partial charge in [-0.2, -0.15) is 18.9 Å². The molecule has 3 rings (SSSR count). The van der Waals surface area contributed by atoms with Crippen molar-refractivity contribution in [2.24, 2.45) is 4.40 Å². The van der Waals surface area contributed by atoms with Gasteiger partial charge in [-0.25, -0.2) is 0 Å². The predicted octanol–water partition coefficient (Wildman–Crippen LogP) is 2.35. The Kier molecular flexibility index (Phi) is 5.37. The molecule has 1 aliphatic heterocycles. The fraction of sp³-hybridized carbons (Fsp3) is 0.125. The number of sulfonamides is 1. The van der Waals surface area contributed by atoms with Gasteiger partial charge in [0.2, 0.25) is 0 Å². The van der Waals surface area contributed by atoms with Crippen LogP contribution in [0.5, 0.6) is 0 Å². The van der Waals surface area contributed by atoms with E-state index in [9.17, 15) is 13.5 Å². The third-order valence-corrected chi connectivity index (χ3v) is 4.61. The fourth-order valence-electron chi connectivity index (χ4n) is 2.17. The topological polar surface area (TPSA) is 76.0 Å². The Bertz CT molecular complexity index is 818. The molecule has 1 N–H and O–H groups in total. The van der Waals surface area contributed by atoms with Crippen LogP contribution < -0.4 is 0 Å². The van der Waals surface area contributed by atoms with Crippen LogP contribution in [0.3, 0.4) is 0 Å². The number of fused-ring (bicyclic) bond motifs is 1. The van der Waals surface area contributed by atoms with E-state index in [0.717, 1.165) is 11.8 Å². The summed E-state index contributed by atoms with van der Waals surface area (Å²) in [6.07, 6.45) is 0.267. The van der Waals surface area contributed by atoms with E-state index in [1.54, 1.807) is 36.4 Å². The van der Waals surface area contributed by atoms with Crippen molar-refractivity contribution in [2.75, 3.05) is 0 Å². The van der Waals surface area contributed by atoms with Crippen molar-refractivity contribution in [2.45, 2.75) is 18.1 Å². The van der Waals surface area contributed by atoms with Crippen molar-refractivity contribution in [3.05, 3.63) is 71.3 Å². The van der Waals surface area contributed by atoms with Gasteiger partial charge in [0.15, 0.2) is 0 Å². The number of aliphatic hydroxyl groups is 1. The quantitative estimate of drug-likeness (QED) is 0.471. The minimum atomic E-state index is -3.80. The molecular weight excluding hydrogens is 405 g/mol. The van der Waals surface area contributed by atoms with Gasteiger partial charge in [0, 0.05) is 25.7 Å². The molecule has 0 aliphatic carbocycles. The van der Waals surface area contributed by atoms with Gasteiger partial charge in [0.1, 0.15) is 6.29 Å². The van der Waals surface area contributed by atoms with Gasteiger partial charge in [-0.05, 0) is 25.2 Å². The fourth-order valence-corrected chi connectivity index (χ4v) is 3.01. The second-order valence-electron chi connectivity index (χ2n) is 4.94. The van der Waals surface area contributed by atoms with Crippen molar-refractivity contribution in [3.8, 4) is 0 Å². The zero-order valence-corrected chi connectivity index (χ0v) is 14.6. The molecule has 1 atom stereocenters. The summed E-state index contributed by atoms with van der Waals surface area (Å²) in [6, 6.07) is 13.4. The summed E-state index contributed by atoms with van der Waals surface area (Å²) in [4.78, 5) is 0.113. The molecule has 2 aromatic rings. The number of rotatable bonds is 3. The van der Waals surface area contributed by atoms with E-state index < -0.39 is 16.3 Å². The standard InChI is InChI=1S/C16H14NO4S.Rh/c1-11-6-8-12(9-7-11)22(19,20)17-10-15-13-4-2-3-5-14(13)16(18)21-15;/h2-10,16,18H,1H3;/q-1;/b17-10-;. The third-order valence-electron chi connectivity index (χ3n) is 3.36. The van der Waals surface area contributed by atoms with Gasteiger partial charge in [-0.15, -0.1) is 17.7 Å². The Hall–Kier alpha value is -1.53. The van der Waals surface area contributed by atoms with E-state index in [2.05, 4.69) is 4.40 Å². The molecule has 7 heteroatoms. The summed E-state index contributed by atoms with van der Waals surface area (Å²) >= 11 is 0. The Labute approximate surface area is 147 Å². The molecule has 0 saturated heterocycles. The van der Waals surface area contributed by atoms with Crippen LogP contribution in [0.15, 0.2) is 57.8 Å². The maximum Gasteiger partial charge on any atom is 0.281 e. The summed E-state index contributed by atoms with van der Waals surface area (Å²) in [5.41, 5.74) is 2.20. The van der Waals surface area contributed by atoms with Gasteiger partial charge >= 0.3 is 0 Å². The number of ether oxygens (including phenoxy) is 1. The van der Waals surface area contributed by atoms with Gasteiger partial charge in [0.05, 0.1) is 4.90 Å². The van der Waals surface area contributed by atoms with E-state index >= 15 is 0 Å². The van der Waals surface area contributed by atoms with E-state index in [1.807, 2.05) is 6.92 Å². The maximum atomic E-state index is 12.2. The Balaban J connectivity index is 0.00000192. The number of aryl methyl sites for hydroxylation is 1. The summed E-state index contributed by atoms with van der Waals surface area (Å²) < 4.78 is 33.2. The molecule has 1 aliphatic rings. The average molecular weight is 419 g/mol. The molecule has 0 bridgehead atoms. The summed E-state index contributed by atoms with van der Waals surface area (Å²) in [5, 5.41) is 9.77. The normalized spacial score (nSPS) is 17.1. The minimum Gasteiger partial charge on any atom is -0.384 e. The zero-order chi connectivity index (χ0) is 15.7. The minimum absolute atomic E-state index is 0. The van der Waals surface area contributed by atoms with Crippen LogP contribution >= 0.6 is 0 Å². The SMILES string of the molecule is Cc1ccc(S(=O)(=O)/N=C\[C-]2OC(O)c3ccccc32)cc1.[Rh]. The second-order valence-corrected chi connectivity index (χ2v) is 6.58. The molecule has 0 aromatic heterocycles. The largest absolute Gasteiger partial charge is 0.384 e. The molecule has 0 saturated carbocycles. The first kappa shape index (κ1) is 17.8. The van der Waals surface area contributed by atoms with E-state index in [1.165, 1.54) is 12.1 Å². The molecule has 0 spiro atoms. The van der Waals surface area contributed by atoms with Crippen LogP contribution in [0, 0.1) is 13.0 Å². The van der Waals surface area contributed by atoms with Crippen molar-refractivity contribution >= 4 is 16.2 Å².